The van der Waals surface area contributed by atoms with E-state index in [0.29, 0.717) is 18.2 Å². The molecule has 0 unspecified atom stereocenters. The first-order valence-electron chi connectivity index (χ1n) is 5.51. The number of halogens is 7. The van der Waals surface area contributed by atoms with Crippen LogP contribution < -0.4 is 0 Å². The minimum atomic E-state index is -4.87. The Morgan fingerprint density at radius 3 is 1.86 bits per heavy atom. The Morgan fingerprint density at radius 2 is 1.33 bits per heavy atom. The van der Waals surface area contributed by atoms with Gasteiger partial charge in [-0.1, -0.05) is 18.2 Å². The van der Waals surface area contributed by atoms with Gasteiger partial charge >= 0.3 is 12.4 Å². The zero-order chi connectivity index (χ0) is 15.8. The first-order valence-corrected chi connectivity index (χ1v) is 5.51. The van der Waals surface area contributed by atoms with E-state index in [0.717, 1.165) is 12.1 Å². The van der Waals surface area contributed by atoms with E-state index in [9.17, 15) is 30.7 Å². The lowest BCUT2D eigenvalue weighted by atomic mass is 10.00. The van der Waals surface area contributed by atoms with E-state index in [-0.39, 0.29) is 0 Å². The molecule has 1 aromatic heterocycles. The van der Waals surface area contributed by atoms with Gasteiger partial charge in [0.05, 0.1) is 5.56 Å². The smallest absolute Gasteiger partial charge is 0.215 e. The normalized spacial score (nSPS) is 12.5. The van der Waals surface area contributed by atoms with Crippen molar-refractivity contribution in [3.05, 3.63) is 53.6 Å². The molecule has 0 saturated carbocycles. The Hall–Kier alpha value is -2.12. The maximum absolute atomic E-state index is 13.7. The molecule has 0 aliphatic carbocycles. The third-order valence-electron chi connectivity index (χ3n) is 2.66. The number of aromatic nitrogens is 1. The van der Waals surface area contributed by atoms with Crippen molar-refractivity contribution < 1.29 is 30.7 Å². The van der Waals surface area contributed by atoms with Crippen LogP contribution in [0.3, 0.4) is 0 Å². The van der Waals surface area contributed by atoms with Gasteiger partial charge in [-0.25, -0.2) is 4.98 Å². The van der Waals surface area contributed by atoms with Crippen molar-refractivity contribution in [2.45, 2.75) is 12.4 Å². The molecule has 0 bridgehead atoms. The van der Waals surface area contributed by atoms with Gasteiger partial charge in [-0.3, -0.25) is 0 Å². The van der Waals surface area contributed by atoms with Crippen LogP contribution in [0, 0.1) is 5.95 Å². The van der Waals surface area contributed by atoms with Gasteiger partial charge < -0.3 is 0 Å². The fourth-order valence-corrected chi connectivity index (χ4v) is 1.76. The molecule has 8 heteroatoms. The number of hydrogen-bond donors (Lipinski definition) is 0. The highest BCUT2D eigenvalue weighted by atomic mass is 19.4. The van der Waals surface area contributed by atoms with Crippen LogP contribution >= 0.6 is 0 Å². The van der Waals surface area contributed by atoms with Crippen LogP contribution in [0.1, 0.15) is 11.3 Å². The third kappa shape index (κ3) is 3.14. The summed E-state index contributed by atoms with van der Waals surface area (Å²) < 4.78 is 89.2. The summed E-state index contributed by atoms with van der Waals surface area (Å²) in [6.45, 7) is 0. The number of rotatable bonds is 1. The fourth-order valence-electron chi connectivity index (χ4n) is 1.76. The van der Waals surface area contributed by atoms with Crippen LogP contribution in [0.4, 0.5) is 30.7 Å². The molecular weight excluding hydrogens is 303 g/mol. The second kappa shape index (κ2) is 5.01. The zero-order valence-corrected chi connectivity index (χ0v) is 10.1. The standard InChI is InChI=1S/C13H6F7N/c14-11-8(5-6-10(21-11)13(18,19)20)7-3-1-2-4-9(7)12(15,16)17/h1-6H. The largest absolute Gasteiger partial charge is 0.433 e. The van der Waals surface area contributed by atoms with Gasteiger partial charge in [-0.15, -0.1) is 0 Å². The first-order chi connectivity index (χ1) is 9.60. The van der Waals surface area contributed by atoms with Crippen molar-refractivity contribution in [2.24, 2.45) is 0 Å². The summed E-state index contributed by atoms with van der Waals surface area (Å²) in [5.74, 6) is -1.61. The first kappa shape index (κ1) is 15.3. The predicted octanol–water partition coefficient (Wildman–Crippen LogP) is 4.93. The summed E-state index contributed by atoms with van der Waals surface area (Å²) in [6.07, 6.45) is -9.63. The van der Waals surface area contributed by atoms with Crippen molar-refractivity contribution >= 4 is 0 Å². The number of nitrogens with zero attached hydrogens (tertiary/aromatic N) is 1. The molecular formula is C13H6F7N. The summed E-state index contributed by atoms with van der Waals surface area (Å²) in [5.41, 5.74) is -3.86. The molecule has 0 N–H and O–H groups in total. The van der Waals surface area contributed by atoms with E-state index in [1.54, 1.807) is 0 Å². The molecule has 0 spiro atoms. The van der Waals surface area contributed by atoms with Crippen LogP contribution in [0.2, 0.25) is 0 Å². The van der Waals surface area contributed by atoms with Crippen molar-refractivity contribution in [2.75, 3.05) is 0 Å². The second-order valence-electron chi connectivity index (χ2n) is 4.08. The molecule has 1 heterocycles. The zero-order valence-electron chi connectivity index (χ0n) is 10.1. The molecule has 2 rings (SSSR count). The van der Waals surface area contributed by atoms with Gasteiger partial charge in [0, 0.05) is 5.56 Å². The average molecular weight is 309 g/mol. The molecule has 0 fully saturated rings. The summed E-state index contributed by atoms with van der Waals surface area (Å²) in [7, 11) is 0. The van der Waals surface area contributed by atoms with E-state index in [4.69, 9.17) is 0 Å². The van der Waals surface area contributed by atoms with Crippen molar-refractivity contribution in [3.8, 4) is 11.1 Å². The molecule has 0 radical (unpaired) electrons. The topological polar surface area (TPSA) is 12.9 Å². The Kier molecular flexibility index (Phi) is 3.65. The summed E-state index contributed by atoms with van der Waals surface area (Å²) >= 11 is 0. The molecule has 1 aromatic carbocycles. The fraction of sp³-hybridized carbons (Fsp3) is 0.154. The Morgan fingerprint density at radius 1 is 0.714 bits per heavy atom. The lowest BCUT2D eigenvalue weighted by Gasteiger charge is -2.14. The van der Waals surface area contributed by atoms with Crippen LogP contribution in [0.15, 0.2) is 36.4 Å². The predicted molar refractivity (Wildman–Crippen MR) is 59.6 cm³/mol. The number of alkyl halides is 6. The van der Waals surface area contributed by atoms with Crippen molar-refractivity contribution in [1.82, 2.24) is 4.98 Å². The summed E-state index contributed by atoms with van der Waals surface area (Å²) in [5, 5.41) is 0. The van der Waals surface area contributed by atoms with Gasteiger partial charge in [0.1, 0.15) is 5.69 Å². The summed E-state index contributed by atoms with van der Waals surface area (Å²) in [6, 6.07) is 5.08. The quantitative estimate of drug-likeness (QED) is 0.538. The average Bonchev–Trinajstić information content (AvgIpc) is 2.36. The number of benzene rings is 1. The van der Waals surface area contributed by atoms with Gasteiger partial charge in [0.25, 0.3) is 0 Å². The van der Waals surface area contributed by atoms with Gasteiger partial charge in [-0.05, 0) is 23.8 Å². The van der Waals surface area contributed by atoms with Crippen LogP contribution in [0.25, 0.3) is 11.1 Å². The molecule has 2 aromatic rings. The maximum atomic E-state index is 13.7. The Balaban J connectivity index is 2.59. The van der Waals surface area contributed by atoms with Crippen molar-refractivity contribution in [1.29, 1.82) is 0 Å². The summed E-state index contributed by atoms with van der Waals surface area (Å²) in [4.78, 5) is 2.68. The van der Waals surface area contributed by atoms with E-state index < -0.39 is 40.7 Å². The highest BCUT2D eigenvalue weighted by Crippen LogP contribution is 2.38. The third-order valence-corrected chi connectivity index (χ3v) is 2.66. The highest BCUT2D eigenvalue weighted by molar-refractivity contribution is 5.67. The maximum Gasteiger partial charge on any atom is 0.433 e. The lowest BCUT2D eigenvalue weighted by Crippen LogP contribution is -2.11. The van der Waals surface area contributed by atoms with Crippen LogP contribution in [-0.4, -0.2) is 4.98 Å². The van der Waals surface area contributed by atoms with Gasteiger partial charge in [0.2, 0.25) is 5.95 Å². The minimum Gasteiger partial charge on any atom is -0.215 e. The second-order valence-corrected chi connectivity index (χ2v) is 4.08. The molecule has 112 valence electrons. The Bertz CT molecular complexity index is 658. The molecule has 0 atom stereocenters. The lowest BCUT2D eigenvalue weighted by molar-refractivity contribution is -0.141. The molecule has 21 heavy (non-hydrogen) atoms. The van der Waals surface area contributed by atoms with E-state index in [1.807, 2.05) is 0 Å². The van der Waals surface area contributed by atoms with Gasteiger partial charge in [-0.2, -0.15) is 30.7 Å². The van der Waals surface area contributed by atoms with E-state index in [1.165, 1.54) is 6.07 Å². The Labute approximate surface area is 114 Å². The van der Waals surface area contributed by atoms with Crippen LogP contribution in [0.5, 0.6) is 0 Å². The van der Waals surface area contributed by atoms with E-state index >= 15 is 0 Å². The SMILES string of the molecule is Fc1nc(C(F)(F)F)ccc1-c1ccccc1C(F)(F)F. The molecule has 0 saturated heterocycles. The number of pyridine rings is 1. The molecule has 0 amide bonds. The molecule has 0 aliphatic heterocycles. The molecule has 0 aliphatic rings. The van der Waals surface area contributed by atoms with E-state index in [2.05, 4.69) is 4.98 Å². The van der Waals surface area contributed by atoms with Crippen LogP contribution in [-0.2, 0) is 12.4 Å². The van der Waals surface area contributed by atoms with Gasteiger partial charge in [0.15, 0.2) is 0 Å². The molecule has 1 nitrogen and oxygen atoms in total. The van der Waals surface area contributed by atoms with Crippen molar-refractivity contribution in [3.63, 3.8) is 0 Å². The highest BCUT2D eigenvalue weighted by Gasteiger charge is 2.36. The number of hydrogen-bond acceptors (Lipinski definition) is 1. The minimum absolute atomic E-state index is 0.436. The monoisotopic (exact) mass is 309 g/mol.